The van der Waals surface area contributed by atoms with Crippen LogP contribution in [0.5, 0.6) is 11.6 Å². The fraction of sp³-hybridized carbons (Fsp3) is 0.286. The monoisotopic (exact) mass is 256 g/mol. The van der Waals surface area contributed by atoms with Crippen molar-refractivity contribution in [2.24, 2.45) is 7.05 Å². The van der Waals surface area contributed by atoms with Gasteiger partial charge in [-0.2, -0.15) is 10.4 Å². The number of nitrogens with two attached hydrogens (primary N) is 1. The van der Waals surface area contributed by atoms with Gasteiger partial charge in [-0.05, 0) is 30.2 Å². The first-order valence-electron chi connectivity index (χ1n) is 6.03. The van der Waals surface area contributed by atoms with Crippen LogP contribution in [0.3, 0.4) is 0 Å². The molecule has 0 saturated carbocycles. The number of rotatable bonds is 3. The van der Waals surface area contributed by atoms with Crippen molar-refractivity contribution in [2.45, 2.75) is 19.8 Å². The van der Waals surface area contributed by atoms with Gasteiger partial charge in [0.05, 0.1) is 17.3 Å². The molecule has 0 saturated heterocycles. The lowest BCUT2D eigenvalue weighted by Gasteiger charge is -2.06. The third-order valence-corrected chi connectivity index (χ3v) is 2.80. The van der Waals surface area contributed by atoms with E-state index in [1.165, 1.54) is 0 Å². The van der Waals surface area contributed by atoms with E-state index in [1.807, 2.05) is 13.8 Å². The van der Waals surface area contributed by atoms with Gasteiger partial charge in [0.25, 0.3) is 0 Å². The average Bonchev–Trinajstić information content (AvgIpc) is 2.68. The number of hydrogen-bond donors (Lipinski definition) is 1. The lowest BCUT2D eigenvalue weighted by atomic mass is 10.1. The standard InChI is InChI=1S/C14H16N4O/c1-9(2)13-12(16)14(18(3)17-13)19-11-6-4-10(8-15)5-7-11/h4-7,9H,16H2,1-3H3. The van der Waals surface area contributed by atoms with E-state index in [0.717, 1.165) is 5.69 Å². The van der Waals surface area contributed by atoms with E-state index in [2.05, 4.69) is 11.2 Å². The molecule has 19 heavy (non-hydrogen) atoms. The molecular weight excluding hydrogens is 240 g/mol. The maximum Gasteiger partial charge on any atom is 0.241 e. The van der Waals surface area contributed by atoms with E-state index in [1.54, 1.807) is 36.0 Å². The number of benzene rings is 1. The topological polar surface area (TPSA) is 76.9 Å². The molecule has 1 aromatic carbocycles. The zero-order valence-corrected chi connectivity index (χ0v) is 11.2. The zero-order valence-electron chi connectivity index (χ0n) is 11.2. The van der Waals surface area contributed by atoms with Gasteiger partial charge in [-0.1, -0.05) is 13.8 Å². The largest absolute Gasteiger partial charge is 0.437 e. The minimum atomic E-state index is 0.240. The summed E-state index contributed by atoms with van der Waals surface area (Å²) in [5.41, 5.74) is 8.02. The Kier molecular flexibility index (Phi) is 3.43. The van der Waals surface area contributed by atoms with Crippen LogP contribution < -0.4 is 10.5 Å². The first-order valence-corrected chi connectivity index (χ1v) is 6.03. The van der Waals surface area contributed by atoms with Gasteiger partial charge in [0.2, 0.25) is 5.88 Å². The second-order valence-corrected chi connectivity index (χ2v) is 4.62. The van der Waals surface area contributed by atoms with Crippen LogP contribution in [0.2, 0.25) is 0 Å². The summed E-state index contributed by atoms with van der Waals surface area (Å²) in [6.45, 7) is 4.06. The summed E-state index contributed by atoms with van der Waals surface area (Å²) in [5, 5.41) is 13.1. The second kappa shape index (κ2) is 5.02. The van der Waals surface area contributed by atoms with Crippen LogP contribution in [0.4, 0.5) is 5.69 Å². The summed E-state index contributed by atoms with van der Waals surface area (Å²) in [7, 11) is 1.79. The Morgan fingerprint density at radius 3 is 2.42 bits per heavy atom. The predicted molar refractivity (Wildman–Crippen MR) is 72.9 cm³/mol. The van der Waals surface area contributed by atoms with Crippen LogP contribution in [-0.2, 0) is 7.05 Å². The highest BCUT2D eigenvalue weighted by molar-refractivity contribution is 5.55. The summed E-state index contributed by atoms with van der Waals surface area (Å²) in [6, 6.07) is 8.93. The van der Waals surface area contributed by atoms with Crippen LogP contribution in [0.15, 0.2) is 24.3 Å². The first kappa shape index (κ1) is 13.0. The lowest BCUT2D eigenvalue weighted by Crippen LogP contribution is -1.97. The fourth-order valence-electron chi connectivity index (χ4n) is 1.80. The van der Waals surface area contributed by atoms with Crippen molar-refractivity contribution in [2.75, 3.05) is 5.73 Å². The zero-order chi connectivity index (χ0) is 14.0. The van der Waals surface area contributed by atoms with Gasteiger partial charge in [0, 0.05) is 7.05 Å². The molecule has 2 N–H and O–H groups in total. The van der Waals surface area contributed by atoms with E-state index < -0.39 is 0 Å². The Morgan fingerprint density at radius 1 is 1.32 bits per heavy atom. The summed E-state index contributed by atoms with van der Waals surface area (Å²) in [6.07, 6.45) is 0. The molecule has 0 unspecified atom stereocenters. The molecule has 0 spiro atoms. The Labute approximate surface area is 112 Å². The van der Waals surface area contributed by atoms with E-state index in [0.29, 0.717) is 22.9 Å². The molecule has 0 fully saturated rings. The van der Waals surface area contributed by atoms with Crippen molar-refractivity contribution >= 4 is 5.69 Å². The molecule has 2 aromatic rings. The van der Waals surface area contributed by atoms with Gasteiger partial charge in [-0.25, -0.2) is 4.68 Å². The van der Waals surface area contributed by atoms with Gasteiger partial charge < -0.3 is 10.5 Å². The quantitative estimate of drug-likeness (QED) is 0.916. The Balaban J connectivity index is 2.30. The van der Waals surface area contributed by atoms with Crippen molar-refractivity contribution in [1.29, 1.82) is 5.26 Å². The summed E-state index contributed by atoms with van der Waals surface area (Å²) < 4.78 is 7.36. The van der Waals surface area contributed by atoms with Crippen molar-refractivity contribution < 1.29 is 4.74 Å². The number of aromatic nitrogens is 2. The lowest BCUT2D eigenvalue weighted by molar-refractivity contribution is 0.432. The number of nitrogen functional groups attached to an aromatic ring is 1. The molecule has 5 nitrogen and oxygen atoms in total. The van der Waals surface area contributed by atoms with Gasteiger partial charge >= 0.3 is 0 Å². The predicted octanol–water partition coefficient (Wildman–Crippen LogP) is 2.79. The molecule has 1 aromatic heterocycles. The molecule has 0 radical (unpaired) electrons. The smallest absolute Gasteiger partial charge is 0.241 e. The maximum atomic E-state index is 8.75. The molecule has 0 aliphatic heterocycles. The Bertz CT molecular complexity index is 620. The van der Waals surface area contributed by atoms with E-state index in [-0.39, 0.29) is 5.92 Å². The van der Waals surface area contributed by atoms with Crippen LogP contribution in [0.1, 0.15) is 31.0 Å². The number of hydrogen-bond acceptors (Lipinski definition) is 4. The third-order valence-electron chi connectivity index (χ3n) is 2.80. The maximum absolute atomic E-state index is 8.75. The second-order valence-electron chi connectivity index (χ2n) is 4.62. The number of nitriles is 1. The van der Waals surface area contributed by atoms with Gasteiger partial charge in [0.1, 0.15) is 11.4 Å². The van der Waals surface area contributed by atoms with Crippen molar-refractivity contribution in [3.63, 3.8) is 0 Å². The van der Waals surface area contributed by atoms with Crippen LogP contribution in [-0.4, -0.2) is 9.78 Å². The first-order chi connectivity index (χ1) is 9.02. The van der Waals surface area contributed by atoms with Gasteiger partial charge in [-0.3, -0.25) is 0 Å². The van der Waals surface area contributed by atoms with Gasteiger partial charge in [0.15, 0.2) is 0 Å². The highest BCUT2D eigenvalue weighted by Gasteiger charge is 2.17. The normalized spacial score (nSPS) is 10.5. The average molecular weight is 256 g/mol. The summed E-state index contributed by atoms with van der Waals surface area (Å²) in [5.74, 6) is 1.39. The molecular formula is C14H16N4O. The van der Waals surface area contributed by atoms with E-state index in [4.69, 9.17) is 15.7 Å². The third kappa shape index (κ3) is 2.52. The molecule has 1 heterocycles. The van der Waals surface area contributed by atoms with E-state index in [9.17, 15) is 0 Å². The van der Waals surface area contributed by atoms with Crippen LogP contribution >= 0.6 is 0 Å². The SMILES string of the molecule is CC(C)c1nn(C)c(Oc2ccc(C#N)cc2)c1N. The Hall–Kier alpha value is -2.48. The highest BCUT2D eigenvalue weighted by atomic mass is 16.5. The number of ether oxygens (including phenoxy) is 1. The minimum Gasteiger partial charge on any atom is -0.437 e. The van der Waals surface area contributed by atoms with Crippen LogP contribution in [0.25, 0.3) is 0 Å². The van der Waals surface area contributed by atoms with Crippen molar-refractivity contribution in [1.82, 2.24) is 9.78 Å². The van der Waals surface area contributed by atoms with E-state index >= 15 is 0 Å². The van der Waals surface area contributed by atoms with Crippen molar-refractivity contribution in [3.05, 3.63) is 35.5 Å². The summed E-state index contributed by atoms with van der Waals surface area (Å²) in [4.78, 5) is 0. The van der Waals surface area contributed by atoms with Crippen LogP contribution in [0, 0.1) is 11.3 Å². The number of aryl methyl sites for hydroxylation is 1. The minimum absolute atomic E-state index is 0.240. The highest BCUT2D eigenvalue weighted by Crippen LogP contribution is 2.32. The molecule has 2 rings (SSSR count). The fourth-order valence-corrected chi connectivity index (χ4v) is 1.80. The number of anilines is 1. The number of nitrogens with zero attached hydrogens (tertiary/aromatic N) is 3. The molecule has 0 atom stereocenters. The van der Waals surface area contributed by atoms with Crippen molar-refractivity contribution in [3.8, 4) is 17.7 Å². The molecule has 0 aliphatic carbocycles. The molecule has 0 bridgehead atoms. The molecule has 0 aliphatic rings. The Morgan fingerprint density at radius 2 is 1.95 bits per heavy atom. The molecule has 0 amide bonds. The van der Waals surface area contributed by atoms with Gasteiger partial charge in [-0.15, -0.1) is 0 Å². The molecule has 5 heteroatoms. The molecule has 98 valence electrons. The summed E-state index contributed by atoms with van der Waals surface area (Å²) >= 11 is 0.